The zero-order valence-corrected chi connectivity index (χ0v) is 6.11. The molecule has 3 heteroatoms. The Hall–Kier alpha value is 0.660. The molecule has 7 heavy (non-hydrogen) atoms. The summed E-state index contributed by atoms with van der Waals surface area (Å²) in [6.07, 6.45) is 0. The van der Waals surface area contributed by atoms with E-state index in [0.717, 1.165) is 26.4 Å². The Bertz CT molecular complexity index is 25.2. The molecule has 2 nitrogen and oxygen atoms in total. The fraction of sp³-hybridized carbons (Fsp3) is 1.00. The van der Waals surface area contributed by atoms with Gasteiger partial charge in [0.15, 0.2) is 0 Å². The van der Waals surface area contributed by atoms with Crippen LogP contribution in [-0.2, 0) is 31.9 Å². The molecule has 0 aromatic heterocycles. The molecule has 0 saturated carbocycles. The summed E-state index contributed by atoms with van der Waals surface area (Å²) in [7, 11) is 0. The topological polar surface area (TPSA) is 18.5 Å². The average molecular weight is 285 g/mol. The molecule has 1 aliphatic rings. The third-order valence-corrected chi connectivity index (χ3v) is 0.744. The van der Waals surface area contributed by atoms with Crippen LogP contribution >= 0.6 is 0 Å². The van der Waals surface area contributed by atoms with Gasteiger partial charge in [-0.2, -0.15) is 0 Å². The molecule has 0 bridgehead atoms. The summed E-state index contributed by atoms with van der Waals surface area (Å²) >= 11 is 0. The fourth-order valence-electron chi connectivity index (χ4n) is 0.440. The van der Waals surface area contributed by atoms with E-state index >= 15 is 0 Å². The van der Waals surface area contributed by atoms with Gasteiger partial charge in [-0.1, -0.05) is 0 Å². The quantitative estimate of drug-likeness (QED) is 0.585. The van der Waals surface area contributed by atoms with Gasteiger partial charge in [0.05, 0.1) is 26.4 Å². The molecule has 0 N–H and O–H groups in total. The van der Waals surface area contributed by atoms with E-state index in [1.54, 1.807) is 0 Å². The van der Waals surface area contributed by atoms with Gasteiger partial charge in [-0.15, -0.1) is 0 Å². The molecular formula is C4H8AuO2. The maximum absolute atomic E-state index is 4.94. The van der Waals surface area contributed by atoms with Gasteiger partial charge in [0.25, 0.3) is 0 Å². The summed E-state index contributed by atoms with van der Waals surface area (Å²) in [5, 5.41) is 0. The molecular weight excluding hydrogens is 277 g/mol. The SMILES string of the molecule is C1COCCO1.[Au]. The van der Waals surface area contributed by atoms with E-state index in [1.807, 2.05) is 0 Å². The van der Waals surface area contributed by atoms with E-state index < -0.39 is 0 Å². The van der Waals surface area contributed by atoms with E-state index in [-0.39, 0.29) is 22.4 Å². The molecule has 1 fully saturated rings. The van der Waals surface area contributed by atoms with Crippen LogP contribution in [0.25, 0.3) is 0 Å². The summed E-state index contributed by atoms with van der Waals surface area (Å²) in [6, 6.07) is 0. The van der Waals surface area contributed by atoms with Crippen molar-refractivity contribution in [1.82, 2.24) is 0 Å². The minimum absolute atomic E-state index is 0. The van der Waals surface area contributed by atoms with Crippen LogP contribution in [-0.4, -0.2) is 26.4 Å². The van der Waals surface area contributed by atoms with Gasteiger partial charge in [-0.05, 0) is 0 Å². The van der Waals surface area contributed by atoms with E-state index in [4.69, 9.17) is 9.47 Å². The van der Waals surface area contributed by atoms with E-state index in [1.165, 1.54) is 0 Å². The van der Waals surface area contributed by atoms with Crippen LogP contribution in [0.5, 0.6) is 0 Å². The summed E-state index contributed by atoms with van der Waals surface area (Å²) in [6.45, 7) is 3.11. The first kappa shape index (κ1) is 7.66. The van der Waals surface area contributed by atoms with E-state index in [9.17, 15) is 0 Å². The van der Waals surface area contributed by atoms with Gasteiger partial charge in [0.2, 0.25) is 0 Å². The molecule has 1 radical (unpaired) electrons. The van der Waals surface area contributed by atoms with Crippen LogP contribution in [0, 0.1) is 0 Å². The molecule has 0 aromatic rings. The monoisotopic (exact) mass is 285 g/mol. The molecule has 0 aliphatic carbocycles. The predicted molar refractivity (Wildman–Crippen MR) is 21.6 cm³/mol. The molecule has 0 amide bonds. The van der Waals surface area contributed by atoms with E-state index in [2.05, 4.69) is 0 Å². The number of hydrogen-bond donors (Lipinski definition) is 0. The summed E-state index contributed by atoms with van der Waals surface area (Å²) in [5.41, 5.74) is 0. The van der Waals surface area contributed by atoms with Crippen molar-refractivity contribution in [1.29, 1.82) is 0 Å². The molecule has 1 heterocycles. The summed E-state index contributed by atoms with van der Waals surface area (Å²) in [5.74, 6) is 0. The normalized spacial score (nSPS) is 20.6. The van der Waals surface area contributed by atoms with Crippen LogP contribution in [0.15, 0.2) is 0 Å². The van der Waals surface area contributed by atoms with Crippen LogP contribution in [0.4, 0.5) is 0 Å². The summed E-state index contributed by atoms with van der Waals surface area (Å²) in [4.78, 5) is 0. The van der Waals surface area contributed by atoms with E-state index in [0.29, 0.717) is 0 Å². The molecule has 1 rings (SSSR count). The zero-order chi connectivity index (χ0) is 4.24. The minimum Gasteiger partial charge on any atom is -0.377 e. The first-order chi connectivity index (χ1) is 3.00. The van der Waals surface area contributed by atoms with Gasteiger partial charge >= 0.3 is 0 Å². The van der Waals surface area contributed by atoms with Crippen molar-refractivity contribution < 1.29 is 31.9 Å². The number of ether oxygens (including phenoxy) is 2. The minimum atomic E-state index is 0. The van der Waals surface area contributed by atoms with Crippen LogP contribution in [0.1, 0.15) is 0 Å². The van der Waals surface area contributed by atoms with Crippen molar-refractivity contribution in [3.8, 4) is 0 Å². The first-order valence-electron chi connectivity index (χ1n) is 2.15. The van der Waals surface area contributed by atoms with Gasteiger partial charge < -0.3 is 9.47 Å². The number of rotatable bonds is 0. The third kappa shape index (κ3) is 3.26. The van der Waals surface area contributed by atoms with Gasteiger partial charge in [0.1, 0.15) is 0 Å². The Kier molecular flexibility index (Phi) is 5.26. The Morgan fingerprint density at radius 2 is 1.00 bits per heavy atom. The largest absolute Gasteiger partial charge is 0.377 e. The second-order valence-corrected chi connectivity index (χ2v) is 1.22. The second kappa shape index (κ2) is 4.81. The van der Waals surface area contributed by atoms with Crippen molar-refractivity contribution in [3.05, 3.63) is 0 Å². The van der Waals surface area contributed by atoms with Crippen molar-refractivity contribution in [2.45, 2.75) is 0 Å². The van der Waals surface area contributed by atoms with Crippen molar-refractivity contribution in [2.24, 2.45) is 0 Å². The molecule has 0 unspecified atom stereocenters. The zero-order valence-electron chi connectivity index (χ0n) is 3.95. The predicted octanol–water partition coefficient (Wildman–Crippen LogP) is 0.0307. The molecule has 0 spiro atoms. The van der Waals surface area contributed by atoms with Crippen LogP contribution < -0.4 is 0 Å². The Morgan fingerprint density at radius 1 is 0.714 bits per heavy atom. The average Bonchev–Trinajstić information content (AvgIpc) is 1.72. The van der Waals surface area contributed by atoms with Crippen LogP contribution in [0.2, 0.25) is 0 Å². The molecule has 1 aliphatic heterocycles. The Balaban J connectivity index is 0.000000360. The maximum atomic E-state index is 4.94. The molecule has 47 valence electrons. The maximum Gasteiger partial charge on any atom is 0.0701 e. The molecule has 0 aromatic carbocycles. The first-order valence-corrected chi connectivity index (χ1v) is 2.15. The van der Waals surface area contributed by atoms with Gasteiger partial charge in [0, 0.05) is 22.4 Å². The van der Waals surface area contributed by atoms with Crippen molar-refractivity contribution in [2.75, 3.05) is 26.4 Å². The molecule has 0 atom stereocenters. The summed E-state index contributed by atoms with van der Waals surface area (Å²) < 4.78 is 9.89. The Morgan fingerprint density at radius 3 is 1.14 bits per heavy atom. The number of hydrogen-bond acceptors (Lipinski definition) is 2. The van der Waals surface area contributed by atoms with Crippen molar-refractivity contribution in [3.63, 3.8) is 0 Å². The third-order valence-electron chi connectivity index (χ3n) is 0.744. The standard InChI is InChI=1S/C4H8O2.Au/c1-2-6-4-3-5-1;/h1-4H2;. The molecule has 1 saturated heterocycles. The smallest absolute Gasteiger partial charge is 0.0701 e. The Labute approximate surface area is 58.7 Å². The van der Waals surface area contributed by atoms with Crippen molar-refractivity contribution >= 4 is 0 Å². The fourth-order valence-corrected chi connectivity index (χ4v) is 0.440. The van der Waals surface area contributed by atoms with Gasteiger partial charge in [-0.25, -0.2) is 0 Å². The van der Waals surface area contributed by atoms with Gasteiger partial charge in [-0.3, -0.25) is 0 Å². The van der Waals surface area contributed by atoms with Crippen LogP contribution in [0.3, 0.4) is 0 Å². The second-order valence-electron chi connectivity index (χ2n) is 1.22.